The molecule has 0 bridgehead atoms. The average molecular weight is 367 g/mol. The van der Waals surface area contributed by atoms with Gasteiger partial charge in [-0.3, -0.25) is 0 Å². The molecule has 0 aliphatic carbocycles. The Morgan fingerprint density at radius 2 is 1.88 bits per heavy atom. The van der Waals surface area contributed by atoms with E-state index in [2.05, 4.69) is 26.1 Å². The number of imidazole rings is 1. The van der Waals surface area contributed by atoms with Crippen LogP contribution in [0.3, 0.4) is 0 Å². The van der Waals surface area contributed by atoms with E-state index in [9.17, 15) is 4.39 Å². The summed E-state index contributed by atoms with van der Waals surface area (Å²) >= 11 is 1.55. The van der Waals surface area contributed by atoms with E-state index < -0.39 is 0 Å². The molecule has 2 aromatic carbocycles. The molecule has 0 spiro atoms. The van der Waals surface area contributed by atoms with Crippen molar-refractivity contribution in [2.45, 2.75) is 19.9 Å². The molecule has 0 unspecified atom stereocenters. The molecular formula is C19H18FN5S. The number of rotatable bonds is 6. The molecule has 0 saturated heterocycles. The van der Waals surface area contributed by atoms with Gasteiger partial charge in [-0.1, -0.05) is 35.6 Å². The van der Waals surface area contributed by atoms with Crippen LogP contribution in [0.5, 0.6) is 0 Å². The Bertz CT molecular complexity index is 1020. The standard InChI is InChI=1S/C19H18FN5S/c1-2-21-19-24-23-18(26-19)12-25-16-6-4-3-5-15(16)22-17(25)11-13-7-9-14(20)10-8-13/h3-10H,2,11-12H2,1H3,(H,21,24). The van der Waals surface area contributed by atoms with E-state index >= 15 is 0 Å². The minimum atomic E-state index is -0.230. The first kappa shape index (κ1) is 16.7. The monoisotopic (exact) mass is 367 g/mol. The van der Waals surface area contributed by atoms with Gasteiger partial charge in [-0.25, -0.2) is 9.37 Å². The molecule has 0 aliphatic rings. The number of benzene rings is 2. The second kappa shape index (κ2) is 7.21. The lowest BCUT2D eigenvalue weighted by Gasteiger charge is -2.07. The zero-order chi connectivity index (χ0) is 17.9. The fraction of sp³-hybridized carbons (Fsp3) is 0.211. The molecule has 0 saturated carbocycles. The lowest BCUT2D eigenvalue weighted by atomic mass is 10.1. The minimum Gasteiger partial charge on any atom is -0.360 e. The van der Waals surface area contributed by atoms with Crippen molar-refractivity contribution >= 4 is 27.5 Å². The van der Waals surface area contributed by atoms with Gasteiger partial charge in [0.15, 0.2) is 0 Å². The molecular weight excluding hydrogens is 349 g/mol. The fourth-order valence-corrected chi connectivity index (χ4v) is 3.69. The maximum Gasteiger partial charge on any atom is 0.205 e. The van der Waals surface area contributed by atoms with E-state index in [4.69, 9.17) is 4.98 Å². The third-order valence-corrected chi connectivity index (χ3v) is 4.96. The SMILES string of the molecule is CCNc1nnc(Cn2c(Cc3ccc(F)cc3)nc3ccccc32)s1. The van der Waals surface area contributed by atoms with Gasteiger partial charge in [-0.05, 0) is 36.8 Å². The number of aromatic nitrogens is 4. The van der Waals surface area contributed by atoms with Crippen LogP contribution in [-0.2, 0) is 13.0 Å². The Morgan fingerprint density at radius 3 is 2.69 bits per heavy atom. The molecule has 1 N–H and O–H groups in total. The van der Waals surface area contributed by atoms with Crippen LogP contribution in [-0.4, -0.2) is 26.3 Å². The van der Waals surface area contributed by atoms with E-state index in [-0.39, 0.29) is 5.82 Å². The Balaban J connectivity index is 1.69. The molecule has 5 nitrogen and oxygen atoms in total. The molecule has 7 heteroatoms. The van der Waals surface area contributed by atoms with Crippen LogP contribution in [0.2, 0.25) is 0 Å². The number of halogens is 1. The number of fused-ring (bicyclic) bond motifs is 1. The first-order valence-corrected chi connectivity index (χ1v) is 9.29. The van der Waals surface area contributed by atoms with Gasteiger partial charge in [0.25, 0.3) is 0 Å². The van der Waals surface area contributed by atoms with Crippen LogP contribution in [0.25, 0.3) is 11.0 Å². The summed E-state index contributed by atoms with van der Waals surface area (Å²) in [5, 5.41) is 13.4. The maximum absolute atomic E-state index is 13.2. The molecule has 4 rings (SSSR count). The first-order chi connectivity index (χ1) is 12.7. The molecule has 0 fully saturated rings. The van der Waals surface area contributed by atoms with Crippen molar-refractivity contribution in [1.82, 2.24) is 19.7 Å². The highest BCUT2D eigenvalue weighted by molar-refractivity contribution is 7.15. The van der Waals surface area contributed by atoms with E-state index in [0.29, 0.717) is 13.0 Å². The van der Waals surface area contributed by atoms with Crippen molar-refractivity contribution in [3.63, 3.8) is 0 Å². The highest BCUT2D eigenvalue weighted by Crippen LogP contribution is 2.22. The topological polar surface area (TPSA) is 55.6 Å². The maximum atomic E-state index is 13.2. The van der Waals surface area contributed by atoms with Gasteiger partial charge in [0.2, 0.25) is 5.13 Å². The van der Waals surface area contributed by atoms with Crippen molar-refractivity contribution in [3.05, 3.63) is 70.7 Å². The van der Waals surface area contributed by atoms with Crippen LogP contribution in [0.15, 0.2) is 48.5 Å². The molecule has 0 radical (unpaired) electrons. The second-order valence-corrected chi connectivity index (χ2v) is 7.00. The summed E-state index contributed by atoms with van der Waals surface area (Å²) in [5.74, 6) is 0.699. The van der Waals surface area contributed by atoms with E-state index in [1.54, 1.807) is 23.5 Å². The number of para-hydroxylation sites is 2. The van der Waals surface area contributed by atoms with Crippen LogP contribution < -0.4 is 5.32 Å². The van der Waals surface area contributed by atoms with Crippen molar-refractivity contribution in [3.8, 4) is 0 Å². The summed E-state index contributed by atoms with van der Waals surface area (Å²) in [7, 11) is 0. The Labute approximate surface area is 154 Å². The fourth-order valence-electron chi connectivity index (χ4n) is 2.90. The molecule has 4 aromatic rings. The summed E-state index contributed by atoms with van der Waals surface area (Å²) < 4.78 is 15.3. The smallest absolute Gasteiger partial charge is 0.205 e. The van der Waals surface area contributed by atoms with Crippen LogP contribution in [0.4, 0.5) is 9.52 Å². The number of nitrogens with zero attached hydrogens (tertiary/aromatic N) is 4. The average Bonchev–Trinajstić information content (AvgIpc) is 3.23. The van der Waals surface area contributed by atoms with E-state index in [0.717, 1.165) is 39.1 Å². The van der Waals surface area contributed by atoms with Gasteiger partial charge < -0.3 is 9.88 Å². The predicted octanol–water partition coefficient (Wildman–Crippen LogP) is 4.10. The summed E-state index contributed by atoms with van der Waals surface area (Å²) in [6, 6.07) is 14.6. The van der Waals surface area contributed by atoms with E-state index in [1.807, 2.05) is 25.1 Å². The highest BCUT2D eigenvalue weighted by atomic mass is 32.1. The normalized spacial score (nSPS) is 11.2. The first-order valence-electron chi connectivity index (χ1n) is 8.48. The van der Waals surface area contributed by atoms with Crippen molar-refractivity contribution in [2.24, 2.45) is 0 Å². The van der Waals surface area contributed by atoms with Gasteiger partial charge >= 0.3 is 0 Å². The molecule has 2 heterocycles. The third kappa shape index (κ3) is 3.43. The van der Waals surface area contributed by atoms with E-state index in [1.165, 1.54) is 12.1 Å². The lowest BCUT2D eigenvalue weighted by molar-refractivity contribution is 0.627. The van der Waals surface area contributed by atoms with Gasteiger partial charge in [0.1, 0.15) is 16.6 Å². The number of hydrogen-bond acceptors (Lipinski definition) is 5. The van der Waals surface area contributed by atoms with Gasteiger partial charge in [0.05, 0.1) is 17.6 Å². The second-order valence-electron chi connectivity index (χ2n) is 5.94. The summed E-state index contributed by atoms with van der Waals surface area (Å²) in [6.45, 7) is 3.46. The highest BCUT2D eigenvalue weighted by Gasteiger charge is 2.14. The summed E-state index contributed by atoms with van der Waals surface area (Å²) in [4.78, 5) is 4.78. The number of nitrogens with one attached hydrogen (secondary N) is 1. The zero-order valence-corrected chi connectivity index (χ0v) is 15.1. The quantitative estimate of drug-likeness (QED) is 0.557. The molecule has 0 aliphatic heterocycles. The Morgan fingerprint density at radius 1 is 1.08 bits per heavy atom. The molecule has 2 aromatic heterocycles. The molecule has 132 valence electrons. The summed E-state index contributed by atoms with van der Waals surface area (Å²) in [6.07, 6.45) is 0.633. The third-order valence-electron chi connectivity index (χ3n) is 4.10. The van der Waals surface area contributed by atoms with Crippen molar-refractivity contribution in [1.29, 1.82) is 0 Å². The van der Waals surface area contributed by atoms with Crippen LogP contribution in [0.1, 0.15) is 23.3 Å². The van der Waals surface area contributed by atoms with Gasteiger partial charge in [-0.2, -0.15) is 0 Å². The molecule has 26 heavy (non-hydrogen) atoms. The predicted molar refractivity (Wildman–Crippen MR) is 102 cm³/mol. The zero-order valence-electron chi connectivity index (χ0n) is 14.3. The Kier molecular flexibility index (Phi) is 4.62. The number of anilines is 1. The van der Waals surface area contributed by atoms with Crippen molar-refractivity contribution < 1.29 is 4.39 Å². The minimum absolute atomic E-state index is 0.230. The summed E-state index contributed by atoms with van der Waals surface area (Å²) in [5.41, 5.74) is 3.03. The van der Waals surface area contributed by atoms with Gasteiger partial charge in [-0.15, -0.1) is 10.2 Å². The van der Waals surface area contributed by atoms with Gasteiger partial charge in [0, 0.05) is 13.0 Å². The molecule has 0 amide bonds. The van der Waals surface area contributed by atoms with Crippen LogP contribution in [0, 0.1) is 5.82 Å². The lowest BCUT2D eigenvalue weighted by Crippen LogP contribution is -2.06. The number of hydrogen-bond donors (Lipinski definition) is 1. The largest absolute Gasteiger partial charge is 0.360 e. The Hall–Kier alpha value is -2.80. The van der Waals surface area contributed by atoms with Crippen LogP contribution >= 0.6 is 11.3 Å². The van der Waals surface area contributed by atoms with Crippen molar-refractivity contribution in [2.75, 3.05) is 11.9 Å². The molecule has 0 atom stereocenters.